The molecule has 0 aliphatic rings. The first-order valence-electron chi connectivity index (χ1n) is 6.73. The Hall–Kier alpha value is -2.75. The molecule has 116 valence electrons. The predicted molar refractivity (Wildman–Crippen MR) is 88.3 cm³/mol. The number of rotatable bonds is 3. The summed E-state index contributed by atoms with van der Waals surface area (Å²) >= 11 is 0.877. The average molecular weight is 326 g/mol. The van der Waals surface area contributed by atoms with E-state index in [9.17, 15) is 9.59 Å². The second kappa shape index (κ2) is 8.63. The van der Waals surface area contributed by atoms with E-state index in [0.717, 1.165) is 17.3 Å². The minimum absolute atomic E-state index is 0.165. The van der Waals surface area contributed by atoms with Crippen LogP contribution in [0, 0.1) is 11.8 Å². The monoisotopic (exact) mass is 326 g/mol. The van der Waals surface area contributed by atoms with Crippen molar-refractivity contribution < 1.29 is 14.8 Å². The van der Waals surface area contributed by atoms with Gasteiger partial charge in [0.2, 0.25) is 0 Å². The lowest BCUT2D eigenvalue weighted by molar-refractivity contribution is 0.0958. The SMILES string of the molecule is O=C(NO)Sc1ccc(C#CCNC(=O)c2ccccc2)cc1. The molecule has 0 aliphatic heterocycles. The number of carbonyl (C=O) groups is 2. The Balaban J connectivity index is 1.85. The molecule has 2 aromatic rings. The maximum Gasteiger partial charge on any atom is 0.307 e. The Morgan fingerprint density at radius 2 is 1.74 bits per heavy atom. The van der Waals surface area contributed by atoms with Crippen LogP contribution in [0.15, 0.2) is 59.5 Å². The van der Waals surface area contributed by atoms with Gasteiger partial charge in [0.05, 0.1) is 6.54 Å². The molecule has 0 aromatic heterocycles. The summed E-state index contributed by atoms with van der Waals surface area (Å²) in [6.07, 6.45) is 0. The molecule has 0 atom stereocenters. The van der Waals surface area contributed by atoms with Crippen LogP contribution in [-0.4, -0.2) is 22.9 Å². The molecule has 0 fully saturated rings. The summed E-state index contributed by atoms with van der Waals surface area (Å²) in [6, 6.07) is 15.9. The number of nitrogens with one attached hydrogen (secondary N) is 2. The third-order valence-electron chi connectivity index (χ3n) is 2.76. The Morgan fingerprint density at radius 3 is 2.39 bits per heavy atom. The molecule has 0 saturated carbocycles. The highest BCUT2D eigenvalue weighted by Gasteiger charge is 2.02. The molecule has 23 heavy (non-hydrogen) atoms. The highest BCUT2D eigenvalue weighted by Crippen LogP contribution is 2.18. The van der Waals surface area contributed by atoms with Crippen LogP contribution in [0.2, 0.25) is 0 Å². The van der Waals surface area contributed by atoms with E-state index in [4.69, 9.17) is 5.21 Å². The summed E-state index contributed by atoms with van der Waals surface area (Å²) in [6.45, 7) is 0.247. The van der Waals surface area contributed by atoms with Gasteiger partial charge in [-0.15, -0.1) is 0 Å². The number of thioether (sulfide) groups is 1. The van der Waals surface area contributed by atoms with Crippen molar-refractivity contribution in [3.63, 3.8) is 0 Å². The van der Waals surface area contributed by atoms with Gasteiger partial charge in [-0.05, 0) is 48.2 Å². The Labute approximate surface area is 138 Å². The lowest BCUT2D eigenvalue weighted by Crippen LogP contribution is -2.23. The molecule has 0 radical (unpaired) electrons. The largest absolute Gasteiger partial charge is 0.341 e. The second-order valence-electron chi connectivity index (χ2n) is 4.38. The van der Waals surface area contributed by atoms with Gasteiger partial charge in [0.25, 0.3) is 5.91 Å². The maximum atomic E-state index is 11.8. The molecule has 0 saturated heterocycles. The van der Waals surface area contributed by atoms with Crippen molar-refractivity contribution in [3.05, 3.63) is 65.7 Å². The average Bonchev–Trinajstić information content (AvgIpc) is 2.60. The van der Waals surface area contributed by atoms with E-state index in [-0.39, 0.29) is 12.5 Å². The van der Waals surface area contributed by atoms with Gasteiger partial charge in [0.1, 0.15) is 0 Å². The van der Waals surface area contributed by atoms with E-state index in [1.165, 1.54) is 0 Å². The lowest BCUT2D eigenvalue weighted by Gasteiger charge is -2.00. The van der Waals surface area contributed by atoms with Gasteiger partial charge in [-0.1, -0.05) is 30.0 Å². The molecule has 0 unspecified atom stereocenters. The normalized spacial score (nSPS) is 9.43. The molecule has 0 bridgehead atoms. The highest BCUT2D eigenvalue weighted by atomic mass is 32.2. The van der Waals surface area contributed by atoms with Crippen molar-refractivity contribution in [1.29, 1.82) is 0 Å². The number of hydrogen-bond acceptors (Lipinski definition) is 4. The third kappa shape index (κ3) is 5.51. The minimum Gasteiger partial charge on any atom is -0.341 e. The summed E-state index contributed by atoms with van der Waals surface area (Å²) in [5.74, 6) is 5.62. The molecule has 0 aliphatic carbocycles. The van der Waals surface area contributed by atoms with Crippen molar-refractivity contribution in [2.24, 2.45) is 0 Å². The molecule has 2 amide bonds. The van der Waals surface area contributed by atoms with Crippen molar-refractivity contribution in [3.8, 4) is 11.8 Å². The van der Waals surface area contributed by atoms with Crippen LogP contribution in [0.4, 0.5) is 4.79 Å². The number of carbonyl (C=O) groups excluding carboxylic acids is 2. The summed E-state index contributed by atoms with van der Waals surface area (Å²) in [7, 11) is 0. The molecule has 0 heterocycles. The van der Waals surface area contributed by atoms with E-state index in [1.54, 1.807) is 54.0 Å². The quantitative estimate of drug-likeness (QED) is 0.351. The van der Waals surface area contributed by atoms with Crippen LogP contribution < -0.4 is 10.8 Å². The van der Waals surface area contributed by atoms with Crippen LogP contribution in [0.1, 0.15) is 15.9 Å². The van der Waals surface area contributed by atoms with Gasteiger partial charge in [-0.25, -0.2) is 5.48 Å². The van der Waals surface area contributed by atoms with E-state index in [1.807, 2.05) is 6.07 Å². The zero-order valence-corrected chi connectivity index (χ0v) is 12.9. The molecule has 3 N–H and O–H groups in total. The lowest BCUT2D eigenvalue weighted by atomic mass is 10.2. The fourth-order valence-corrected chi connectivity index (χ4v) is 2.23. The van der Waals surface area contributed by atoms with Crippen LogP contribution in [0.25, 0.3) is 0 Å². The molecule has 2 rings (SSSR count). The first-order valence-corrected chi connectivity index (χ1v) is 7.55. The fraction of sp³-hybridized carbons (Fsp3) is 0.0588. The van der Waals surface area contributed by atoms with Crippen molar-refractivity contribution in [1.82, 2.24) is 10.8 Å². The van der Waals surface area contributed by atoms with E-state index >= 15 is 0 Å². The molecular formula is C17H14N2O3S. The number of benzene rings is 2. The standard InChI is InChI=1S/C17H14N2O3S/c20-16(14-6-2-1-3-7-14)18-12-4-5-13-8-10-15(11-9-13)23-17(21)19-22/h1-3,6-11,22H,12H2,(H,18,20)(H,19,21). The third-order valence-corrected chi connectivity index (χ3v) is 3.55. The van der Waals surface area contributed by atoms with Gasteiger partial charge >= 0.3 is 5.24 Å². The molecule has 5 nitrogen and oxygen atoms in total. The van der Waals surface area contributed by atoms with E-state index < -0.39 is 5.24 Å². The number of hydroxylamine groups is 1. The predicted octanol–water partition coefficient (Wildman–Crippen LogP) is 2.66. The summed E-state index contributed by atoms with van der Waals surface area (Å²) in [4.78, 5) is 23.5. The molecule has 6 heteroatoms. The number of amides is 2. The van der Waals surface area contributed by atoms with Gasteiger partial charge in [-0.3, -0.25) is 14.8 Å². The zero-order chi connectivity index (χ0) is 16.5. The first kappa shape index (κ1) is 16.6. The smallest absolute Gasteiger partial charge is 0.307 e. The van der Waals surface area contributed by atoms with Crippen molar-refractivity contribution in [2.45, 2.75) is 4.90 Å². The first-order chi connectivity index (χ1) is 11.2. The topological polar surface area (TPSA) is 78.4 Å². The maximum absolute atomic E-state index is 11.8. The van der Waals surface area contributed by atoms with Gasteiger partial charge < -0.3 is 5.32 Å². The summed E-state index contributed by atoms with van der Waals surface area (Å²) in [5.41, 5.74) is 2.92. The van der Waals surface area contributed by atoms with Crippen LogP contribution in [0.5, 0.6) is 0 Å². The van der Waals surface area contributed by atoms with Gasteiger partial charge in [0, 0.05) is 16.0 Å². The van der Waals surface area contributed by atoms with E-state index in [2.05, 4.69) is 17.2 Å². The Kier molecular flexibility index (Phi) is 6.24. The van der Waals surface area contributed by atoms with Gasteiger partial charge in [-0.2, -0.15) is 0 Å². The Morgan fingerprint density at radius 1 is 1.04 bits per heavy atom. The molecule has 0 spiro atoms. The van der Waals surface area contributed by atoms with Crippen LogP contribution >= 0.6 is 11.8 Å². The minimum atomic E-state index is -0.549. The molecule has 2 aromatic carbocycles. The molecular weight excluding hydrogens is 312 g/mol. The van der Waals surface area contributed by atoms with Gasteiger partial charge in [0.15, 0.2) is 0 Å². The highest BCUT2D eigenvalue weighted by molar-refractivity contribution is 8.13. The summed E-state index contributed by atoms with van der Waals surface area (Å²) < 4.78 is 0. The van der Waals surface area contributed by atoms with E-state index in [0.29, 0.717) is 10.5 Å². The van der Waals surface area contributed by atoms with Crippen molar-refractivity contribution >= 4 is 22.9 Å². The second-order valence-corrected chi connectivity index (χ2v) is 5.42. The fourth-order valence-electron chi connectivity index (χ4n) is 1.70. The van der Waals surface area contributed by atoms with Crippen molar-refractivity contribution in [2.75, 3.05) is 6.54 Å². The summed E-state index contributed by atoms with van der Waals surface area (Å²) in [5, 5.41) is 10.6. The van der Waals surface area contributed by atoms with Crippen LogP contribution in [-0.2, 0) is 0 Å². The van der Waals surface area contributed by atoms with Crippen LogP contribution in [0.3, 0.4) is 0 Å². The Bertz CT molecular complexity index is 734. The zero-order valence-electron chi connectivity index (χ0n) is 12.1. The number of hydrogen-bond donors (Lipinski definition) is 3.